The van der Waals surface area contributed by atoms with E-state index in [1.165, 1.54) is 11.6 Å². The van der Waals surface area contributed by atoms with E-state index in [4.69, 9.17) is 14.7 Å². The fourth-order valence-electron chi connectivity index (χ4n) is 2.70. The van der Waals surface area contributed by atoms with Gasteiger partial charge in [-0.1, -0.05) is 15.9 Å². The minimum Gasteiger partial charge on any atom is -0.506 e. The first-order valence-corrected chi connectivity index (χ1v) is 12.1. The van der Waals surface area contributed by atoms with Crippen LogP contribution < -0.4 is 10.8 Å². The second-order valence-corrected chi connectivity index (χ2v) is 8.91. The second kappa shape index (κ2) is 12.9. The Morgan fingerprint density at radius 1 is 1.22 bits per heavy atom. The highest BCUT2D eigenvalue weighted by Gasteiger charge is 2.30. The molecule has 0 unspecified atom stereocenters. The number of carbonyl (C=O) groups is 2. The molecular formula is C21H22Br2N2O6S. The number of nitrogens with one attached hydrogen (secondary N) is 2. The van der Waals surface area contributed by atoms with Crippen molar-refractivity contribution in [2.45, 2.75) is 24.0 Å². The molecule has 0 fully saturated rings. The number of carbonyl (C=O) groups excluding carboxylic acids is 2. The third-order valence-electron chi connectivity index (χ3n) is 4.14. The van der Waals surface area contributed by atoms with Crippen LogP contribution in [0.5, 0.6) is 5.75 Å². The third-order valence-corrected chi connectivity index (χ3v) is 5.95. The molecule has 4 N–H and O–H groups in total. The maximum atomic E-state index is 12.7. The summed E-state index contributed by atoms with van der Waals surface area (Å²) in [6, 6.07) is 10.4. The van der Waals surface area contributed by atoms with Crippen LogP contribution in [0.25, 0.3) is 0 Å². The molecule has 0 spiro atoms. The molecule has 2 aromatic carbocycles. The van der Waals surface area contributed by atoms with E-state index < -0.39 is 24.2 Å². The van der Waals surface area contributed by atoms with Crippen LogP contribution in [0.15, 0.2) is 62.4 Å². The SMILES string of the molecule is CCO[C@H](/C=C/C(=O)NO)[C@H](OC(=O)Nc1ccc(SC)cc1)c1cc(Br)cc(Br)c1O. The van der Waals surface area contributed by atoms with Crippen molar-refractivity contribution in [1.82, 2.24) is 5.48 Å². The fraction of sp³-hybridized carbons (Fsp3) is 0.238. The Bertz CT molecular complexity index is 972. The number of benzene rings is 2. The number of thioether (sulfide) groups is 1. The van der Waals surface area contributed by atoms with Crippen LogP contribution in [0.3, 0.4) is 0 Å². The number of halogens is 2. The normalized spacial score (nSPS) is 12.9. The monoisotopic (exact) mass is 588 g/mol. The van der Waals surface area contributed by atoms with E-state index in [1.807, 2.05) is 18.4 Å². The first-order chi connectivity index (χ1) is 15.3. The molecule has 8 nitrogen and oxygen atoms in total. The molecule has 0 radical (unpaired) electrons. The lowest BCUT2D eigenvalue weighted by atomic mass is 10.0. The van der Waals surface area contributed by atoms with E-state index in [1.54, 1.807) is 43.0 Å². The van der Waals surface area contributed by atoms with E-state index in [0.29, 0.717) is 14.6 Å². The number of ether oxygens (including phenoxy) is 2. The van der Waals surface area contributed by atoms with Gasteiger partial charge in [0, 0.05) is 33.3 Å². The largest absolute Gasteiger partial charge is 0.506 e. The lowest BCUT2D eigenvalue weighted by molar-refractivity contribution is -0.124. The van der Waals surface area contributed by atoms with Crippen LogP contribution in [0, 0.1) is 0 Å². The van der Waals surface area contributed by atoms with Crippen LogP contribution in [-0.2, 0) is 14.3 Å². The number of phenols is 1. The van der Waals surface area contributed by atoms with E-state index >= 15 is 0 Å². The second-order valence-electron chi connectivity index (χ2n) is 6.26. The molecule has 0 aliphatic rings. The number of aromatic hydroxyl groups is 1. The number of anilines is 1. The van der Waals surface area contributed by atoms with Gasteiger partial charge in [-0.3, -0.25) is 15.3 Å². The zero-order valence-corrected chi connectivity index (χ0v) is 21.2. The van der Waals surface area contributed by atoms with Crippen molar-refractivity contribution in [2.75, 3.05) is 18.2 Å². The number of hydrogen-bond donors (Lipinski definition) is 4. The highest BCUT2D eigenvalue weighted by atomic mass is 79.9. The van der Waals surface area contributed by atoms with Crippen molar-refractivity contribution in [3.05, 3.63) is 63.1 Å². The maximum Gasteiger partial charge on any atom is 0.412 e. The van der Waals surface area contributed by atoms with Gasteiger partial charge in [-0.2, -0.15) is 0 Å². The van der Waals surface area contributed by atoms with Crippen molar-refractivity contribution in [2.24, 2.45) is 0 Å². The molecule has 0 bridgehead atoms. The van der Waals surface area contributed by atoms with E-state index in [0.717, 1.165) is 11.0 Å². The standard InChI is InChI=1S/C21H22Br2N2O6S/c1-3-30-17(8-9-18(26)25-29)20(15-10-12(22)11-16(23)19(15)27)31-21(28)24-13-4-6-14(32-2)7-5-13/h4-11,17,20,27,29H,3H2,1-2H3,(H,24,28)(H,25,26)/b9-8+/t17-,20-/m1/s1. The van der Waals surface area contributed by atoms with Crippen LogP contribution >= 0.6 is 43.6 Å². The minimum absolute atomic E-state index is 0.153. The Morgan fingerprint density at radius 2 is 1.91 bits per heavy atom. The van der Waals surface area contributed by atoms with Gasteiger partial charge < -0.3 is 14.6 Å². The summed E-state index contributed by atoms with van der Waals surface area (Å²) in [5, 5.41) is 22.0. The number of hydroxylamine groups is 1. The van der Waals surface area contributed by atoms with Crippen molar-refractivity contribution in [3.63, 3.8) is 0 Å². The highest BCUT2D eigenvalue weighted by molar-refractivity contribution is 9.11. The summed E-state index contributed by atoms with van der Waals surface area (Å²) in [6.07, 6.45) is 1.45. The van der Waals surface area contributed by atoms with E-state index in [-0.39, 0.29) is 17.9 Å². The van der Waals surface area contributed by atoms with Gasteiger partial charge in [0.2, 0.25) is 0 Å². The molecule has 0 heterocycles. The summed E-state index contributed by atoms with van der Waals surface area (Å²) in [5.41, 5.74) is 2.25. The van der Waals surface area contributed by atoms with Gasteiger partial charge in [0.1, 0.15) is 11.9 Å². The van der Waals surface area contributed by atoms with Gasteiger partial charge >= 0.3 is 6.09 Å². The smallest absolute Gasteiger partial charge is 0.412 e. The van der Waals surface area contributed by atoms with Gasteiger partial charge in [-0.15, -0.1) is 11.8 Å². The molecule has 2 amide bonds. The van der Waals surface area contributed by atoms with Gasteiger partial charge in [-0.25, -0.2) is 10.3 Å². The summed E-state index contributed by atoms with van der Waals surface area (Å²) in [5.74, 6) is -0.938. The van der Waals surface area contributed by atoms with Crippen molar-refractivity contribution in [1.29, 1.82) is 0 Å². The summed E-state index contributed by atoms with van der Waals surface area (Å²) in [4.78, 5) is 25.2. The average Bonchev–Trinajstić information content (AvgIpc) is 2.78. The zero-order chi connectivity index (χ0) is 23.7. The Balaban J connectivity index is 2.38. The first kappa shape index (κ1) is 26.2. The Labute approximate surface area is 206 Å². The molecule has 11 heteroatoms. The van der Waals surface area contributed by atoms with Crippen LogP contribution in [0.4, 0.5) is 10.5 Å². The molecule has 2 atom stereocenters. The summed E-state index contributed by atoms with van der Waals surface area (Å²) in [7, 11) is 0. The Hall–Kier alpha value is -2.05. The maximum absolute atomic E-state index is 12.7. The predicted molar refractivity (Wildman–Crippen MR) is 129 cm³/mol. The van der Waals surface area contributed by atoms with E-state index in [2.05, 4.69) is 37.2 Å². The van der Waals surface area contributed by atoms with Gasteiger partial charge in [0.05, 0.1) is 4.47 Å². The molecule has 0 aliphatic carbocycles. The minimum atomic E-state index is -1.13. The Morgan fingerprint density at radius 3 is 2.50 bits per heavy atom. The van der Waals surface area contributed by atoms with Crippen LogP contribution in [-0.4, -0.2) is 41.3 Å². The molecule has 0 saturated heterocycles. The predicted octanol–water partition coefficient (Wildman–Crippen LogP) is 5.40. The van der Waals surface area contributed by atoms with E-state index in [9.17, 15) is 14.7 Å². The molecule has 0 saturated carbocycles. The fourth-order valence-corrected chi connectivity index (χ4v) is 4.37. The molecular weight excluding hydrogens is 568 g/mol. The van der Waals surface area contributed by atoms with Gasteiger partial charge in [0.15, 0.2) is 6.10 Å². The first-order valence-electron chi connectivity index (χ1n) is 9.32. The molecule has 32 heavy (non-hydrogen) atoms. The van der Waals surface area contributed by atoms with Crippen LogP contribution in [0.2, 0.25) is 0 Å². The average molecular weight is 590 g/mol. The lowest BCUT2D eigenvalue weighted by Crippen LogP contribution is -2.28. The lowest BCUT2D eigenvalue weighted by Gasteiger charge is -2.26. The topological polar surface area (TPSA) is 117 Å². The number of amides is 2. The molecule has 0 aliphatic heterocycles. The molecule has 0 aromatic heterocycles. The van der Waals surface area contributed by atoms with Crippen LogP contribution in [0.1, 0.15) is 18.6 Å². The zero-order valence-electron chi connectivity index (χ0n) is 17.2. The number of hydrogen-bond acceptors (Lipinski definition) is 7. The van der Waals surface area contributed by atoms with Crippen molar-refractivity contribution < 1.29 is 29.4 Å². The van der Waals surface area contributed by atoms with Gasteiger partial charge in [-0.05, 0) is 71.6 Å². The summed E-state index contributed by atoms with van der Waals surface area (Å²) < 4.78 is 12.3. The summed E-state index contributed by atoms with van der Waals surface area (Å²) >= 11 is 8.19. The molecule has 2 aromatic rings. The highest BCUT2D eigenvalue weighted by Crippen LogP contribution is 2.39. The quantitative estimate of drug-likeness (QED) is 0.134. The third kappa shape index (κ3) is 7.52. The summed E-state index contributed by atoms with van der Waals surface area (Å²) in [6.45, 7) is 1.96. The number of phenolic OH excluding ortho intramolecular Hbond substituents is 1. The molecule has 172 valence electrons. The number of rotatable bonds is 9. The Kier molecular flexibility index (Phi) is 10.5. The molecule has 2 rings (SSSR count). The van der Waals surface area contributed by atoms with Crippen molar-refractivity contribution in [3.8, 4) is 5.75 Å². The van der Waals surface area contributed by atoms with Gasteiger partial charge in [0.25, 0.3) is 5.91 Å². The van der Waals surface area contributed by atoms with Crippen molar-refractivity contribution >= 4 is 61.3 Å².